The van der Waals surface area contributed by atoms with Crippen LogP contribution in [-0.4, -0.2) is 21.3 Å². The van der Waals surface area contributed by atoms with Crippen molar-refractivity contribution in [2.24, 2.45) is 5.73 Å². The highest BCUT2D eigenvalue weighted by atomic mass is 16.4. The van der Waals surface area contributed by atoms with E-state index >= 15 is 0 Å². The molecule has 0 fully saturated rings. The van der Waals surface area contributed by atoms with Gasteiger partial charge in [0.1, 0.15) is 0 Å². The minimum Gasteiger partial charge on any atom is -0.481 e. The minimum absolute atomic E-state index is 0.196. The van der Waals surface area contributed by atoms with Gasteiger partial charge in [0.2, 0.25) is 11.8 Å². The zero-order chi connectivity index (χ0) is 17.6. The standard InChI is InChI=1S/C19H21N3O3/c20-16(8-2-1-3-9-17(23)24)19-22-21-18(25-19)15-11-10-13-6-4-5-7-14(13)12-15/h4-7,10-12,16H,1-3,8-9,20H2,(H,23,24)/t16-/m0/s1. The van der Waals surface area contributed by atoms with Gasteiger partial charge in [-0.2, -0.15) is 0 Å². The summed E-state index contributed by atoms with van der Waals surface area (Å²) < 4.78 is 5.73. The topological polar surface area (TPSA) is 102 Å². The molecule has 0 unspecified atom stereocenters. The van der Waals surface area contributed by atoms with Gasteiger partial charge in [-0.15, -0.1) is 10.2 Å². The molecule has 0 aliphatic carbocycles. The molecule has 0 amide bonds. The van der Waals surface area contributed by atoms with Crippen molar-refractivity contribution in [1.82, 2.24) is 10.2 Å². The van der Waals surface area contributed by atoms with Gasteiger partial charge in [0.25, 0.3) is 0 Å². The summed E-state index contributed by atoms with van der Waals surface area (Å²) in [4.78, 5) is 10.5. The average Bonchev–Trinajstić information content (AvgIpc) is 3.11. The van der Waals surface area contributed by atoms with Crippen molar-refractivity contribution in [3.63, 3.8) is 0 Å². The van der Waals surface area contributed by atoms with Crippen LogP contribution in [0, 0.1) is 0 Å². The first-order valence-corrected chi connectivity index (χ1v) is 8.43. The van der Waals surface area contributed by atoms with E-state index in [0.717, 1.165) is 29.2 Å². The monoisotopic (exact) mass is 339 g/mol. The number of carboxylic acids is 1. The maximum Gasteiger partial charge on any atom is 0.303 e. The smallest absolute Gasteiger partial charge is 0.303 e. The largest absolute Gasteiger partial charge is 0.481 e. The summed E-state index contributed by atoms with van der Waals surface area (Å²) in [5.41, 5.74) is 6.97. The normalized spacial score (nSPS) is 12.4. The molecule has 0 radical (unpaired) electrons. The van der Waals surface area contributed by atoms with E-state index in [4.69, 9.17) is 15.3 Å². The van der Waals surface area contributed by atoms with Crippen LogP contribution in [0.15, 0.2) is 46.9 Å². The lowest BCUT2D eigenvalue weighted by atomic mass is 10.1. The first kappa shape index (κ1) is 17.1. The van der Waals surface area contributed by atoms with Crippen molar-refractivity contribution in [2.45, 2.75) is 38.1 Å². The Morgan fingerprint density at radius 3 is 2.68 bits per heavy atom. The molecule has 6 heteroatoms. The van der Waals surface area contributed by atoms with Gasteiger partial charge in [-0.3, -0.25) is 4.79 Å². The molecule has 25 heavy (non-hydrogen) atoms. The van der Waals surface area contributed by atoms with Crippen molar-refractivity contribution in [1.29, 1.82) is 0 Å². The molecule has 3 aromatic rings. The van der Waals surface area contributed by atoms with Crippen molar-refractivity contribution in [3.05, 3.63) is 48.4 Å². The Balaban J connectivity index is 1.61. The highest BCUT2D eigenvalue weighted by molar-refractivity contribution is 5.86. The number of carboxylic acid groups (broad SMARTS) is 1. The van der Waals surface area contributed by atoms with Crippen molar-refractivity contribution < 1.29 is 14.3 Å². The second-order valence-corrected chi connectivity index (χ2v) is 6.11. The molecule has 130 valence electrons. The number of unbranched alkanes of at least 4 members (excludes halogenated alkanes) is 2. The Kier molecular flexibility index (Phi) is 5.40. The van der Waals surface area contributed by atoms with Crippen LogP contribution in [0.1, 0.15) is 44.0 Å². The van der Waals surface area contributed by atoms with Crippen LogP contribution in [0.2, 0.25) is 0 Å². The molecule has 3 N–H and O–H groups in total. The number of aliphatic carboxylic acids is 1. The molecule has 6 nitrogen and oxygen atoms in total. The summed E-state index contributed by atoms with van der Waals surface area (Å²) in [7, 11) is 0. The van der Waals surface area contributed by atoms with Crippen molar-refractivity contribution >= 4 is 16.7 Å². The Hall–Kier alpha value is -2.73. The molecule has 0 bridgehead atoms. The molecule has 0 saturated carbocycles. The third kappa shape index (κ3) is 4.42. The molecule has 0 aliphatic rings. The van der Waals surface area contributed by atoms with Crippen LogP contribution in [0.25, 0.3) is 22.2 Å². The van der Waals surface area contributed by atoms with Crippen molar-refractivity contribution in [3.8, 4) is 11.5 Å². The number of benzene rings is 2. The minimum atomic E-state index is -0.763. The summed E-state index contributed by atoms with van der Waals surface area (Å²) in [6.45, 7) is 0. The quantitative estimate of drug-likeness (QED) is 0.603. The summed E-state index contributed by atoms with van der Waals surface area (Å²) in [5, 5.41) is 19.1. The SMILES string of the molecule is N[C@@H](CCCCCC(=O)O)c1nnc(-c2ccc3ccccc3c2)o1. The van der Waals surface area contributed by atoms with E-state index in [1.54, 1.807) is 0 Å². The molecule has 0 saturated heterocycles. The third-order valence-electron chi connectivity index (χ3n) is 4.16. The Labute approximate surface area is 145 Å². The van der Waals surface area contributed by atoms with Gasteiger partial charge in [0, 0.05) is 12.0 Å². The second-order valence-electron chi connectivity index (χ2n) is 6.11. The fourth-order valence-corrected chi connectivity index (χ4v) is 2.76. The Bertz CT molecular complexity index is 860. The highest BCUT2D eigenvalue weighted by Gasteiger charge is 2.15. The van der Waals surface area contributed by atoms with Gasteiger partial charge in [-0.1, -0.05) is 43.2 Å². The predicted molar refractivity (Wildman–Crippen MR) is 94.9 cm³/mol. The number of hydrogen-bond donors (Lipinski definition) is 2. The fourth-order valence-electron chi connectivity index (χ4n) is 2.76. The molecule has 3 rings (SSSR count). The lowest BCUT2D eigenvalue weighted by molar-refractivity contribution is -0.137. The Morgan fingerprint density at radius 1 is 1.08 bits per heavy atom. The maximum atomic E-state index is 10.5. The lowest BCUT2D eigenvalue weighted by Gasteiger charge is -2.06. The number of fused-ring (bicyclic) bond motifs is 1. The summed E-state index contributed by atoms with van der Waals surface area (Å²) >= 11 is 0. The van der Waals surface area contributed by atoms with Crippen LogP contribution in [-0.2, 0) is 4.79 Å². The molecular formula is C19H21N3O3. The van der Waals surface area contributed by atoms with Crippen LogP contribution in [0.4, 0.5) is 0 Å². The number of nitrogens with two attached hydrogens (primary N) is 1. The molecular weight excluding hydrogens is 318 g/mol. The number of carbonyl (C=O) groups is 1. The average molecular weight is 339 g/mol. The molecule has 1 atom stereocenters. The first-order chi connectivity index (χ1) is 12.1. The van der Waals surface area contributed by atoms with E-state index in [-0.39, 0.29) is 12.5 Å². The summed E-state index contributed by atoms with van der Waals surface area (Å²) in [6.07, 6.45) is 3.21. The van der Waals surface area contributed by atoms with E-state index in [9.17, 15) is 4.79 Å². The number of nitrogens with zero attached hydrogens (tertiary/aromatic N) is 2. The van der Waals surface area contributed by atoms with Gasteiger partial charge >= 0.3 is 5.97 Å². The molecule has 2 aromatic carbocycles. The molecule has 0 aliphatic heterocycles. The molecule has 1 heterocycles. The van der Waals surface area contributed by atoms with E-state index in [2.05, 4.69) is 16.3 Å². The van der Waals surface area contributed by atoms with Gasteiger partial charge in [-0.05, 0) is 35.7 Å². The van der Waals surface area contributed by atoms with Gasteiger partial charge < -0.3 is 15.3 Å². The highest BCUT2D eigenvalue weighted by Crippen LogP contribution is 2.25. The number of aromatic nitrogens is 2. The summed E-state index contributed by atoms with van der Waals surface area (Å²) in [6, 6.07) is 13.8. The van der Waals surface area contributed by atoms with E-state index in [1.165, 1.54) is 0 Å². The third-order valence-corrected chi connectivity index (χ3v) is 4.16. The number of rotatable bonds is 8. The number of hydrogen-bond acceptors (Lipinski definition) is 5. The zero-order valence-electron chi connectivity index (χ0n) is 13.9. The van der Waals surface area contributed by atoms with E-state index < -0.39 is 5.97 Å². The fraction of sp³-hybridized carbons (Fsp3) is 0.316. The van der Waals surface area contributed by atoms with Crippen LogP contribution in [0.3, 0.4) is 0 Å². The Morgan fingerprint density at radius 2 is 1.88 bits per heavy atom. The molecule has 0 spiro atoms. The lowest BCUT2D eigenvalue weighted by Crippen LogP contribution is -2.10. The van der Waals surface area contributed by atoms with Gasteiger partial charge in [0.15, 0.2) is 0 Å². The zero-order valence-corrected chi connectivity index (χ0v) is 13.9. The van der Waals surface area contributed by atoms with Crippen molar-refractivity contribution in [2.75, 3.05) is 0 Å². The maximum absolute atomic E-state index is 10.5. The van der Waals surface area contributed by atoms with Crippen LogP contribution in [0.5, 0.6) is 0 Å². The second kappa shape index (κ2) is 7.90. The van der Waals surface area contributed by atoms with Crippen LogP contribution >= 0.6 is 0 Å². The van der Waals surface area contributed by atoms with Gasteiger partial charge in [-0.25, -0.2) is 0 Å². The van der Waals surface area contributed by atoms with Gasteiger partial charge in [0.05, 0.1) is 6.04 Å². The summed E-state index contributed by atoms with van der Waals surface area (Å²) in [5.74, 6) is 0.115. The van der Waals surface area contributed by atoms with E-state index in [0.29, 0.717) is 24.6 Å². The van der Waals surface area contributed by atoms with Crippen LogP contribution < -0.4 is 5.73 Å². The predicted octanol–water partition coefficient (Wildman–Crippen LogP) is 3.92. The molecule has 1 aromatic heterocycles. The van der Waals surface area contributed by atoms with E-state index in [1.807, 2.05) is 36.4 Å². The first-order valence-electron chi connectivity index (χ1n) is 8.43.